The van der Waals surface area contributed by atoms with Crippen LogP contribution in [0, 0.1) is 13.8 Å². The van der Waals surface area contributed by atoms with Gasteiger partial charge in [0.1, 0.15) is 10.5 Å². The zero-order valence-corrected chi connectivity index (χ0v) is 20.1. The number of thiazole rings is 2. The third-order valence-electron chi connectivity index (χ3n) is 5.47. The Labute approximate surface area is 198 Å². The summed E-state index contributed by atoms with van der Waals surface area (Å²) < 4.78 is 1.94. The molecule has 4 heterocycles. The van der Waals surface area contributed by atoms with Gasteiger partial charge in [0.2, 0.25) is 0 Å². The molecule has 0 unspecified atom stereocenters. The maximum Gasteiger partial charge on any atom is 0.275 e. The molecule has 0 aliphatic carbocycles. The van der Waals surface area contributed by atoms with E-state index in [1.54, 1.807) is 23.1 Å². The lowest BCUT2D eigenvalue weighted by atomic mass is 10.1. The van der Waals surface area contributed by atoms with Crippen molar-refractivity contribution in [1.82, 2.24) is 19.6 Å². The van der Waals surface area contributed by atoms with Crippen LogP contribution in [0.3, 0.4) is 0 Å². The molecule has 0 saturated carbocycles. The predicted octanol–water partition coefficient (Wildman–Crippen LogP) is 4.69. The summed E-state index contributed by atoms with van der Waals surface area (Å²) in [5.41, 5.74) is 3.34. The summed E-state index contributed by atoms with van der Waals surface area (Å²) in [5.74, 6) is 1.22. The Morgan fingerprint density at radius 1 is 1.22 bits per heavy atom. The zero-order chi connectivity index (χ0) is 22.2. The first-order chi connectivity index (χ1) is 15.5. The highest BCUT2D eigenvalue weighted by atomic mass is 32.2. The first kappa shape index (κ1) is 21.2. The SMILES string of the molecule is Cc1cccc(-c2sc(C)nc2C(=O)N2CSC[C@H]2CNC(=O)c2ccn3ccsc23)c1. The van der Waals surface area contributed by atoms with Crippen molar-refractivity contribution >= 4 is 51.1 Å². The van der Waals surface area contributed by atoms with Crippen molar-refractivity contribution in [2.75, 3.05) is 18.2 Å². The van der Waals surface area contributed by atoms with Crippen molar-refractivity contribution in [3.8, 4) is 10.4 Å². The van der Waals surface area contributed by atoms with Gasteiger partial charge in [-0.05, 0) is 25.5 Å². The third kappa shape index (κ3) is 3.96. The van der Waals surface area contributed by atoms with Crippen LogP contribution in [0.4, 0.5) is 0 Å². The molecule has 1 aliphatic rings. The summed E-state index contributed by atoms with van der Waals surface area (Å²) in [6.45, 7) is 4.40. The van der Waals surface area contributed by atoms with Crippen LogP contribution in [0.25, 0.3) is 15.3 Å². The van der Waals surface area contributed by atoms with Gasteiger partial charge in [0.25, 0.3) is 11.8 Å². The Morgan fingerprint density at radius 3 is 2.94 bits per heavy atom. The molecule has 1 saturated heterocycles. The van der Waals surface area contributed by atoms with E-state index in [-0.39, 0.29) is 17.9 Å². The van der Waals surface area contributed by atoms with Gasteiger partial charge in [-0.25, -0.2) is 4.98 Å². The van der Waals surface area contributed by atoms with Gasteiger partial charge in [0.05, 0.1) is 27.4 Å². The summed E-state index contributed by atoms with van der Waals surface area (Å²) in [5, 5.41) is 5.86. The smallest absolute Gasteiger partial charge is 0.275 e. The van der Waals surface area contributed by atoms with Gasteiger partial charge in [-0.2, -0.15) is 0 Å². The second-order valence-electron chi connectivity index (χ2n) is 7.76. The van der Waals surface area contributed by atoms with E-state index in [1.165, 1.54) is 11.3 Å². The molecule has 1 aliphatic heterocycles. The van der Waals surface area contributed by atoms with Gasteiger partial charge in [0, 0.05) is 30.1 Å². The van der Waals surface area contributed by atoms with E-state index in [1.807, 2.05) is 65.2 Å². The second-order valence-corrected chi connectivity index (χ2v) is 10.9. The van der Waals surface area contributed by atoms with Gasteiger partial charge in [-0.3, -0.25) is 9.59 Å². The Kier molecular flexibility index (Phi) is 5.79. The number of nitrogens with one attached hydrogen (secondary N) is 1. The molecule has 1 N–H and O–H groups in total. The zero-order valence-electron chi connectivity index (χ0n) is 17.7. The van der Waals surface area contributed by atoms with Gasteiger partial charge in [-0.15, -0.1) is 34.4 Å². The maximum absolute atomic E-state index is 13.5. The normalized spacial score (nSPS) is 16.1. The van der Waals surface area contributed by atoms with E-state index in [4.69, 9.17) is 0 Å². The Morgan fingerprint density at radius 2 is 2.09 bits per heavy atom. The fourth-order valence-corrected chi connectivity index (χ4v) is 6.84. The van der Waals surface area contributed by atoms with Crippen LogP contribution in [0.1, 0.15) is 31.4 Å². The summed E-state index contributed by atoms with van der Waals surface area (Å²) >= 11 is 4.79. The lowest BCUT2D eigenvalue weighted by Gasteiger charge is -2.23. The van der Waals surface area contributed by atoms with Crippen molar-refractivity contribution in [2.24, 2.45) is 0 Å². The number of amides is 2. The van der Waals surface area contributed by atoms with Crippen LogP contribution in [0.5, 0.6) is 0 Å². The summed E-state index contributed by atoms with van der Waals surface area (Å²) in [4.78, 5) is 34.5. The van der Waals surface area contributed by atoms with Crippen molar-refractivity contribution in [3.63, 3.8) is 0 Å². The number of hydrogen-bond donors (Lipinski definition) is 1. The van der Waals surface area contributed by atoms with Crippen molar-refractivity contribution in [1.29, 1.82) is 0 Å². The highest BCUT2D eigenvalue weighted by Gasteiger charge is 2.33. The molecule has 3 aromatic heterocycles. The first-order valence-electron chi connectivity index (χ1n) is 10.3. The van der Waals surface area contributed by atoms with Gasteiger partial charge >= 0.3 is 0 Å². The number of fused-ring (bicyclic) bond motifs is 1. The van der Waals surface area contributed by atoms with Gasteiger partial charge in [-0.1, -0.05) is 29.8 Å². The lowest BCUT2D eigenvalue weighted by Crippen LogP contribution is -2.44. The fraction of sp³-hybridized carbons (Fsp3) is 0.261. The Bertz CT molecular complexity index is 1310. The van der Waals surface area contributed by atoms with Gasteiger partial charge in [0.15, 0.2) is 0 Å². The average Bonchev–Trinajstić information content (AvgIpc) is 3.54. The number of hydrogen-bond acceptors (Lipinski definition) is 6. The molecule has 0 radical (unpaired) electrons. The third-order valence-corrected chi connectivity index (χ3v) is 8.48. The Balaban J connectivity index is 1.33. The predicted molar refractivity (Wildman–Crippen MR) is 132 cm³/mol. The molecule has 1 atom stereocenters. The van der Waals surface area contributed by atoms with E-state index < -0.39 is 0 Å². The number of carbonyl (C=O) groups is 2. The molecule has 6 nitrogen and oxygen atoms in total. The quantitative estimate of drug-likeness (QED) is 0.448. The number of aryl methyl sites for hydroxylation is 2. The second kappa shape index (κ2) is 8.73. The molecule has 1 aromatic carbocycles. The highest BCUT2D eigenvalue weighted by molar-refractivity contribution is 7.99. The molecule has 32 heavy (non-hydrogen) atoms. The minimum Gasteiger partial charge on any atom is -0.350 e. The number of carbonyl (C=O) groups excluding carboxylic acids is 2. The molecule has 1 fully saturated rings. The molecule has 4 aromatic rings. The number of aromatic nitrogens is 2. The molecule has 164 valence electrons. The first-order valence-corrected chi connectivity index (χ1v) is 13.1. The summed E-state index contributed by atoms with van der Waals surface area (Å²) in [6, 6.07) is 9.93. The van der Waals surface area contributed by atoms with Crippen LogP contribution in [0.2, 0.25) is 0 Å². The van der Waals surface area contributed by atoms with Crippen LogP contribution in [0.15, 0.2) is 48.1 Å². The molecular formula is C23H22N4O2S3. The fourth-order valence-electron chi connectivity index (χ4n) is 3.88. The van der Waals surface area contributed by atoms with Crippen LogP contribution in [-0.4, -0.2) is 50.3 Å². The van der Waals surface area contributed by atoms with Crippen LogP contribution < -0.4 is 5.32 Å². The minimum atomic E-state index is -0.107. The molecule has 5 rings (SSSR count). The van der Waals surface area contributed by atoms with E-state index in [0.29, 0.717) is 23.7 Å². The van der Waals surface area contributed by atoms with Crippen molar-refractivity contribution < 1.29 is 9.59 Å². The summed E-state index contributed by atoms with van der Waals surface area (Å²) in [6.07, 6.45) is 3.83. The Hall–Kier alpha value is -2.62. The minimum absolute atomic E-state index is 0.0646. The van der Waals surface area contributed by atoms with Gasteiger partial charge < -0.3 is 14.6 Å². The maximum atomic E-state index is 13.5. The van der Waals surface area contributed by atoms with E-state index in [0.717, 1.165) is 31.6 Å². The van der Waals surface area contributed by atoms with Crippen molar-refractivity contribution in [3.05, 3.63) is 69.9 Å². The number of nitrogens with zero attached hydrogens (tertiary/aromatic N) is 3. The number of thioether (sulfide) groups is 1. The monoisotopic (exact) mass is 482 g/mol. The molecule has 0 bridgehead atoms. The van der Waals surface area contributed by atoms with Crippen molar-refractivity contribution in [2.45, 2.75) is 19.9 Å². The lowest BCUT2D eigenvalue weighted by molar-refractivity contribution is 0.0732. The van der Waals surface area contributed by atoms with E-state index in [2.05, 4.69) is 16.4 Å². The average molecular weight is 483 g/mol. The van der Waals surface area contributed by atoms with E-state index >= 15 is 0 Å². The number of rotatable bonds is 5. The largest absolute Gasteiger partial charge is 0.350 e. The molecular weight excluding hydrogens is 460 g/mol. The molecule has 0 spiro atoms. The standard InChI is InChI=1S/C23H22N4O2S3/c1-14-4-3-5-16(10-14)20-19(25-15(2)32-20)22(29)27-13-30-12-17(27)11-24-21(28)18-6-7-26-8-9-31-23(18)26/h3-10,17H,11-13H2,1-2H3,(H,24,28)/t17-/m1/s1. The van der Waals surface area contributed by atoms with E-state index in [9.17, 15) is 9.59 Å². The number of benzene rings is 1. The van der Waals surface area contributed by atoms with Crippen LogP contribution >= 0.6 is 34.4 Å². The summed E-state index contributed by atoms with van der Waals surface area (Å²) in [7, 11) is 0. The molecule has 2 amide bonds. The molecule has 9 heteroatoms. The topological polar surface area (TPSA) is 66.7 Å². The highest BCUT2D eigenvalue weighted by Crippen LogP contribution is 2.33. The van der Waals surface area contributed by atoms with Crippen LogP contribution in [-0.2, 0) is 0 Å².